The predicted octanol–water partition coefficient (Wildman–Crippen LogP) is 3.02. The molecule has 0 amide bonds. The van der Waals surface area contributed by atoms with Crippen LogP contribution in [0.25, 0.3) is 0 Å². The number of halogens is 2. The first-order valence-corrected chi connectivity index (χ1v) is 5.73. The first kappa shape index (κ1) is 12.8. The summed E-state index contributed by atoms with van der Waals surface area (Å²) in [5, 5.41) is 0.766. The number of carbonyl (C=O) groups is 1. The van der Waals surface area contributed by atoms with Gasteiger partial charge in [-0.05, 0) is 18.2 Å². The zero-order chi connectivity index (χ0) is 13.1. The lowest BCUT2D eigenvalue weighted by Crippen LogP contribution is -2.07. The van der Waals surface area contributed by atoms with Crippen LogP contribution in [-0.4, -0.2) is 22.9 Å². The van der Waals surface area contributed by atoms with Gasteiger partial charge in [0.15, 0.2) is 5.69 Å². The molecule has 0 spiro atoms. The highest BCUT2D eigenvalue weighted by atomic mass is 35.5. The van der Waals surface area contributed by atoms with E-state index >= 15 is 0 Å². The van der Waals surface area contributed by atoms with Gasteiger partial charge in [-0.15, -0.1) is 0 Å². The second-order valence-corrected chi connectivity index (χ2v) is 4.27. The lowest BCUT2D eigenvalue weighted by molar-refractivity contribution is 0.103. The van der Waals surface area contributed by atoms with Crippen LogP contribution in [0.4, 0.5) is 0 Å². The molecule has 0 aliphatic carbocycles. The summed E-state index contributed by atoms with van der Waals surface area (Å²) in [7, 11) is 1.42. The molecule has 92 valence electrons. The third-order valence-electron chi connectivity index (χ3n) is 2.20. The van der Waals surface area contributed by atoms with E-state index in [2.05, 4.69) is 9.97 Å². The molecule has 2 rings (SSSR count). The summed E-state index contributed by atoms with van der Waals surface area (Å²) < 4.78 is 4.99. The highest BCUT2D eigenvalue weighted by Crippen LogP contribution is 2.22. The Bertz CT molecular complexity index is 582. The molecule has 2 aromatic rings. The third-order valence-corrected chi connectivity index (χ3v) is 2.63. The minimum Gasteiger partial charge on any atom is -0.479 e. The highest BCUT2D eigenvalue weighted by Gasteiger charge is 2.17. The lowest BCUT2D eigenvalue weighted by atomic mass is 10.1. The number of benzene rings is 1. The van der Waals surface area contributed by atoms with Crippen molar-refractivity contribution in [1.82, 2.24) is 9.97 Å². The molecule has 0 bridgehead atoms. The highest BCUT2D eigenvalue weighted by molar-refractivity contribution is 6.35. The molecule has 0 N–H and O–H groups in total. The van der Waals surface area contributed by atoms with Crippen molar-refractivity contribution < 1.29 is 9.53 Å². The molecule has 0 aliphatic rings. The van der Waals surface area contributed by atoms with Crippen LogP contribution in [0, 0.1) is 0 Å². The molecule has 1 heterocycles. The van der Waals surface area contributed by atoms with Crippen molar-refractivity contribution in [3.63, 3.8) is 0 Å². The Hall–Kier alpha value is -1.65. The summed E-state index contributed by atoms with van der Waals surface area (Å²) in [5.41, 5.74) is 0.463. The van der Waals surface area contributed by atoms with E-state index in [1.807, 2.05) is 0 Å². The van der Waals surface area contributed by atoms with Gasteiger partial charge in [0.25, 0.3) is 0 Å². The van der Waals surface area contributed by atoms with E-state index in [1.165, 1.54) is 31.6 Å². The van der Waals surface area contributed by atoms with Gasteiger partial charge in [0, 0.05) is 28.0 Å². The molecule has 0 unspecified atom stereocenters. The number of nitrogens with zero attached hydrogens (tertiary/aromatic N) is 2. The molecule has 1 aromatic carbocycles. The molecule has 4 nitrogen and oxygen atoms in total. The third kappa shape index (κ3) is 2.60. The molecule has 0 saturated heterocycles. The smallest absolute Gasteiger partial charge is 0.243 e. The molecule has 1 aromatic heterocycles. The number of hydrogen-bond donors (Lipinski definition) is 0. The summed E-state index contributed by atoms with van der Waals surface area (Å²) in [6.07, 6.45) is 2.86. The number of ether oxygens (including phenoxy) is 1. The molecule has 0 saturated carbocycles. The molecule has 0 fully saturated rings. The zero-order valence-electron chi connectivity index (χ0n) is 9.35. The summed E-state index contributed by atoms with van der Waals surface area (Å²) in [4.78, 5) is 20.1. The molecular formula is C12H8Cl2N2O2. The molecule has 0 atom stereocenters. The van der Waals surface area contributed by atoms with Crippen molar-refractivity contribution in [3.8, 4) is 5.88 Å². The van der Waals surface area contributed by atoms with E-state index in [0.29, 0.717) is 15.6 Å². The average molecular weight is 283 g/mol. The predicted molar refractivity (Wildman–Crippen MR) is 68.5 cm³/mol. The van der Waals surface area contributed by atoms with E-state index in [1.54, 1.807) is 6.07 Å². The van der Waals surface area contributed by atoms with Crippen LogP contribution >= 0.6 is 23.2 Å². The van der Waals surface area contributed by atoms with Crippen molar-refractivity contribution in [1.29, 1.82) is 0 Å². The minimum absolute atomic E-state index is 0.123. The van der Waals surface area contributed by atoms with Gasteiger partial charge in [0.1, 0.15) is 0 Å². The van der Waals surface area contributed by atoms with Crippen LogP contribution < -0.4 is 4.74 Å². The van der Waals surface area contributed by atoms with Crippen molar-refractivity contribution >= 4 is 29.0 Å². The SMILES string of the molecule is COc1nccnc1C(=O)c1cc(Cl)cc(Cl)c1. The molecular weight excluding hydrogens is 275 g/mol. The van der Waals surface area contributed by atoms with Crippen LogP contribution in [0.5, 0.6) is 5.88 Å². The van der Waals surface area contributed by atoms with E-state index < -0.39 is 0 Å². The fourth-order valence-corrected chi connectivity index (χ4v) is 1.98. The fourth-order valence-electron chi connectivity index (χ4n) is 1.45. The second kappa shape index (κ2) is 5.33. The van der Waals surface area contributed by atoms with Gasteiger partial charge in [-0.1, -0.05) is 23.2 Å². The first-order valence-electron chi connectivity index (χ1n) is 4.97. The maximum atomic E-state index is 12.2. The number of methoxy groups -OCH3 is 1. The summed E-state index contributed by atoms with van der Waals surface area (Å²) in [6.45, 7) is 0. The Morgan fingerprint density at radius 1 is 1.11 bits per heavy atom. The summed E-state index contributed by atoms with van der Waals surface area (Å²) >= 11 is 11.7. The first-order chi connectivity index (χ1) is 8.61. The maximum absolute atomic E-state index is 12.2. The number of carbonyl (C=O) groups excluding carboxylic acids is 1. The van der Waals surface area contributed by atoms with E-state index in [0.717, 1.165) is 0 Å². The minimum atomic E-state index is -0.343. The Morgan fingerprint density at radius 2 is 1.72 bits per heavy atom. The normalized spacial score (nSPS) is 10.2. The summed E-state index contributed by atoms with van der Waals surface area (Å²) in [6, 6.07) is 4.58. The van der Waals surface area contributed by atoms with Gasteiger partial charge in [0.05, 0.1) is 7.11 Å². The Kier molecular flexibility index (Phi) is 3.79. The lowest BCUT2D eigenvalue weighted by Gasteiger charge is -2.05. The van der Waals surface area contributed by atoms with Crippen molar-refractivity contribution in [2.45, 2.75) is 0 Å². The topological polar surface area (TPSA) is 52.1 Å². The Labute approximate surface area is 114 Å². The van der Waals surface area contributed by atoms with Crippen LogP contribution in [0.2, 0.25) is 10.0 Å². The van der Waals surface area contributed by atoms with Crippen LogP contribution in [0.3, 0.4) is 0 Å². The van der Waals surface area contributed by atoms with Gasteiger partial charge in [0.2, 0.25) is 11.7 Å². The number of aromatic nitrogens is 2. The van der Waals surface area contributed by atoms with Crippen LogP contribution in [0.1, 0.15) is 16.1 Å². The zero-order valence-corrected chi connectivity index (χ0v) is 10.9. The molecule has 6 heteroatoms. The summed E-state index contributed by atoms with van der Waals surface area (Å²) in [5.74, 6) is -0.178. The van der Waals surface area contributed by atoms with E-state index in [-0.39, 0.29) is 17.4 Å². The standard InChI is InChI=1S/C12H8Cl2N2O2/c1-18-12-10(15-2-3-16-12)11(17)7-4-8(13)6-9(14)5-7/h2-6H,1H3. The molecule has 0 radical (unpaired) electrons. The molecule has 18 heavy (non-hydrogen) atoms. The van der Waals surface area contributed by atoms with Crippen molar-refractivity contribution in [3.05, 3.63) is 51.9 Å². The number of rotatable bonds is 3. The van der Waals surface area contributed by atoms with Gasteiger partial charge < -0.3 is 4.74 Å². The van der Waals surface area contributed by atoms with Gasteiger partial charge in [-0.2, -0.15) is 0 Å². The van der Waals surface area contributed by atoms with Crippen LogP contribution in [0.15, 0.2) is 30.6 Å². The monoisotopic (exact) mass is 282 g/mol. The second-order valence-electron chi connectivity index (χ2n) is 3.40. The average Bonchev–Trinajstić information content (AvgIpc) is 2.36. The van der Waals surface area contributed by atoms with Crippen molar-refractivity contribution in [2.24, 2.45) is 0 Å². The van der Waals surface area contributed by atoms with Crippen LogP contribution in [-0.2, 0) is 0 Å². The largest absolute Gasteiger partial charge is 0.479 e. The van der Waals surface area contributed by atoms with Crippen molar-refractivity contribution in [2.75, 3.05) is 7.11 Å². The van der Waals surface area contributed by atoms with E-state index in [4.69, 9.17) is 27.9 Å². The number of hydrogen-bond acceptors (Lipinski definition) is 4. The quantitative estimate of drug-likeness (QED) is 0.812. The molecule has 0 aliphatic heterocycles. The maximum Gasteiger partial charge on any atom is 0.243 e. The van der Waals surface area contributed by atoms with Gasteiger partial charge in [-0.3, -0.25) is 4.79 Å². The van der Waals surface area contributed by atoms with Gasteiger partial charge in [-0.25, -0.2) is 9.97 Å². The number of ketones is 1. The Balaban J connectivity index is 2.47. The van der Waals surface area contributed by atoms with Gasteiger partial charge >= 0.3 is 0 Å². The van der Waals surface area contributed by atoms with E-state index in [9.17, 15) is 4.79 Å². The Morgan fingerprint density at radius 3 is 2.33 bits per heavy atom. The fraction of sp³-hybridized carbons (Fsp3) is 0.0833.